The van der Waals surface area contributed by atoms with Crippen molar-refractivity contribution in [2.45, 2.75) is 6.54 Å². The number of carbonyl (C=O) groups is 3. The maximum absolute atomic E-state index is 12.5. The van der Waals surface area contributed by atoms with Crippen LogP contribution >= 0.6 is 0 Å². The van der Waals surface area contributed by atoms with Crippen LogP contribution in [0.3, 0.4) is 0 Å². The number of ether oxygens (including phenoxy) is 2. The van der Waals surface area contributed by atoms with Gasteiger partial charge >= 0.3 is 11.9 Å². The zero-order valence-electron chi connectivity index (χ0n) is 17.5. The number of rotatable bonds is 5. The summed E-state index contributed by atoms with van der Waals surface area (Å²) in [7, 11) is 3.29. The number of hydrogen-bond donors (Lipinski definition) is 2. The second-order valence-corrected chi connectivity index (χ2v) is 6.73. The van der Waals surface area contributed by atoms with Gasteiger partial charge in [-0.05, 0) is 29.8 Å². The second-order valence-electron chi connectivity index (χ2n) is 6.73. The van der Waals surface area contributed by atoms with Crippen LogP contribution in [0.15, 0.2) is 48.5 Å². The van der Waals surface area contributed by atoms with Crippen molar-refractivity contribution in [1.29, 1.82) is 0 Å². The van der Waals surface area contributed by atoms with Crippen molar-refractivity contribution in [3.8, 4) is 11.5 Å². The lowest BCUT2D eigenvalue weighted by Crippen LogP contribution is -2.48. The average Bonchev–Trinajstić information content (AvgIpc) is 2.80. The lowest BCUT2D eigenvalue weighted by Gasteiger charge is -2.34. The van der Waals surface area contributed by atoms with Crippen LogP contribution in [-0.4, -0.2) is 78.3 Å². The van der Waals surface area contributed by atoms with E-state index < -0.39 is 11.9 Å². The number of amides is 1. The van der Waals surface area contributed by atoms with Crippen LogP contribution in [0.4, 0.5) is 0 Å². The van der Waals surface area contributed by atoms with E-state index in [4.69, 9.17) is 29.3 Å². The van der Waals surface area contributed by atoms with Crippen LogP contribution in [-0.2, 0) is 16.1 Å². The number of methoxy groups -OCH3 is 2. The van der Waals surface area contributed by atoms with Crippen LogP contribution in [0.25, 0.3) is 0 Å². The molecule has 2 aromatic carbocycles. The summed E-state index contributed by atoms with van der Waals surface area (Å²) in [6, 6.07) is 15.5. The minimum absolute atomic E-state index is 0.117. The summed E-state index contributed by atoms with van der Waals surface area (Å²) in [5.41, 5.74) is 1.94. The average molecular weight is 430 g/mol. The number of carboxylic acids is 2. The smallest absolute Gasteiger partial charge is 0.414 e. The van der Waals surface area contributed by atoms with Crippen molar-refractivity contribution in [2.24, 2.45) is 0 Å². The Morgan fingerprint density at radius 3 is 1.94 bits per heavy atom. The lowest BCUT2D eigenvalue weighted by atomic mass is 10.1. The Morgan fingerprint density at radius 2 is 1.42 bits per heavy atom. The molecule has 9 heteroatoms. The van der Waals surface area contributed by atoms with Crippen molar-refractivity contribution >= 4 is 17.8 Å². The Labute approximate surface area is 180 Å². The Bertz CT molecular complexity index is 882. The maximum atomic E-state index is 12.5. The highest BCUT2D eigenvalue weighted by atomic mass is 16.5. The summed E-state index contributed by atoms with van der Waals surface area (Å²) in [6.45, 7) is 4.08. The Morgan fingerprint density at radius 1 is 0.839 bits per heavy atom. The molecule has 1 aliphatic heterocycles. The van der Waals surface area contributed by atoms with Crippen molar-refractivity contribution in [1.82, 2.24) is 9.80 Å². The summed E-state index contributed by atoms with van der Waals surface area (Å²) in [5.74, 6) is -2.04. The molecule has 1 fully saturated rings. The molecule has 0 unspecified atom stereocenters. The summed E-state index contributed by atoms with van der Waals surface area (Å²) in [5, 5.41) is 14.8. The van der Waals surface area contributed by atoms with Crippen molar-refractivity contribution in [3.05, 3.63) is 59.7 Å². The maximum Gasteiger partial charge on any atom is 0.414 e. The van der Waals surface area contributed by atoms with Crippen LogP contribution in [0.1, 0.15) is 15.9 Å². The summed E-state index contributed by atoms with van der Waals surface area (Å²) < 4.78 is 10.6. The first-order chi connectivity index (χ1) is 14.8. The first kappa shape index (κ1) is 23.7. The van der Waals surface area contributed by atoms with Crippen LogP contribution in [0.5, 0.6) is 11.5 Å². The van der Waals surface area contributed by atoms with Gasteiger partial charge in [0.25, 0.3) is 5.91 Å². The Balaban J connectivity index is 0.000000501. The number of nitrogens with zero attached hydrogens (tertiary/aromatic N) is 2. The molecule has 1 heterocycles. The van der Waals surface area contributed by atoms with Gasteiger partial charge < -0.3 is 24.6 Å². The third kappa shape index (κ3) is 7.00. The number of benzene rings is 2. The second kappa shape index (κ2) is 11.6. The Hall–Kier alpha value is -3.59. The van der Waals surface area contributed by atoms with E-state index in [9.17, 15) is 4.79 Å². The monoisotopic (exact) mass is 430 g/mol. The highest BCUT2D eigenvalue weighted by Gasteiger charge is 2.22. The van der Waals surface area contributed by atoms with Gasteiger partial charge in [0.05, 0.1) is 14.2 Å². The zero-order valence-corrected chi connectivity index (χ0v) is 17.5. The molecule has 1 aliphatic rings. The number of carbonyl (C=O) groups excluding carboxylic acids is 1. The van der Waals surface area contributed by atoms with Gasteiger partial charge in [0.1, 0.15) is 0 Å². The molecule has 1 saturated heterocycles. The molecular weight excluding hydrogens is 404 g/mol. The van der Waals surface area contributed by atoms with Crippen LogP contribution < -0.4 is 9.47 Å². The van der Waals surface area contributed by atoms with Crippen molar-refractivity contribution in [2.75, 3.05) is 40.4 Å². The highest BCUT2D eigenvalue weighted by molar-refractivity contribution is 6.27. The minimum atomic E-state index is -1.82. The minimum Gasteiger partial charge on any atom is -0.493 e. The molecule has 0 aliphatic carbocycles. The molecule has 31 heavy (non-hydrogen) atoms. The largest absolute Gasteiger partial charge is 0.493 e. The molecule has 3 rings (SSSR count). The van der Waals surface area contributed by atoms with E-state index in [0.29, 0.717) is 0 Å². The van der Waals surface area contributed by atoms with Gasteiger partial charge in [-0.2, -0.15) is 0 Å². The molecule has 0 saturated carbocycles. The predicted octanol–water partition coefficient (Wildman–Crippen LogP) is 1.82. The van der Waals surface area contributed by atoms with Gasteiger partial charge in [-0.1, -0.05) is 24.3 Å². The summed E-state index contributed by atoms with van der Waals surface area (Å²) >= 11 is 0. The van der Waals surface area contributed by atoms with Gasteiger partial charge in [-0.25, -0.2) is 9.59 Å². The van der Waals surface area contributed by atoms with E-state index in [1.165, 1.54) is 5.56 Å². The Kier molecular flexibility index (Phi) is 8.83. The standard InChI is InChI=1S/C20H24N2O3.C2H2O4/c1-24-18-9-8-16(14-19(18)25-2)15-21-10-12-22(13-11-21)20(23)17-6-4-3-5-7-17;3-1(4)2(5)6/h3-9,14H,10-13,15H2,1-2H3;(H,3,4)(H,5,6). The van der Waals surface area contributed by atoms with Gasteiger partial charge in [-0.15, -0.1) is 0 Å². The fourth-order valence-corrected chi connectivity index (χ4v) is 3.11. The van der Waals surface area contributed by atoms with E-state index in [1.807, 2.05) is 47.4 Å². The summed E-state index contributed by atoms with van der Waals surface area (Å²) in [6.07, 6.45) is 0. The fraction of sp³-hybridized carbons (Fsp3) is 0.318. The topological polar surface area (TPSA) is 117 Å². The normalized spacial score (nSPS) is 13.5. The van der Waals surface area contributed by atoms with E-state index in [1.54, 1.807) is 14.2 Å². The third-order valence-electron chi connectivity index (χ3n) is 4.72. The quantitative estimate of drug-likeness (QED) is 0.690. The molecule has 0 bridgehead atoms. The molecular formula is C22H26N2O7. The van der Waals surface area contributed by atoms with E-state index in [2.05, 4.69) is 11.0 Å². The van der Waals surface area contributed by atoms with Crippen molar-refractivity contribution in [3.63, 3.8) is 0 Å². The first-order valence-corrected chi connectivity index (χ1v) is 9.59. The SMILES string of the molecule is COc1ccc(CN2CCN(C(=O)c3ccccc3)CC2)cc1OC.O=C(O)C(=O)O. The zero-order chi connectivity index (χ0) is 22.8. The molecule has 0 aromatic heterocycles. The third-order valence-corrected chi connectivity index (χ3v) is 4.72. The summed E-state index contributed by atoms with van der Waals surface area (Å²) in [4.78, 5) is 35.0. The number of aliphatic carboxylic acids is 2. The molecule has 166 valence electrons. The lowest BCUT2D eigenvalue weighted by molar-refractivity contribution is -0.159. The molecule has 2 N–H and O–H groups in total. The molecule has 0 atom stereocenters. The van der Waals surface area contributed by atoms with Gasteiger partial charge in [-0.3, -0.25) is 9.69 Å². The number of hydrogen-bond acceptors (Lipinski definition) is 6. The van der Waals surface area contributed by atoms with Gasteiger partial charge in [0, 0.05) is 38.3 Å². The number of carboxylic acid groups (broad SMARTS) is 2. The number of piperazine rings is 1. The molecule has 2 aromatic rings. The van der Waals surface area contributed by atoms with E-state index in [0.717, 1.165) is 49.8 Å². The van der Waals surface area contributed by atoms with Crippen LogP contribution in [0.2, 0.25) is 0 Å². The molecule has 9 nitrogen and oxygen atoms in total. The molecule has 1 amide bonds. The van der Waals surface area contributed by atoms with Gasteiger partial charge in [0.2, 0.25) is 0 Å². The molecule has 0 radical (unpaired) electrons. The van der Waals surface area contributed by atoms with Crippen molar-refractivity contribution < 1.29 is 34.1 Å². The molecule has 0 spiro atoms. The van der Waals surface area contributed by atoms with Gasteiger partial charge in [0.15, 0.2) is 11.5 Å². The van der Waals surface area contributed by atoms with Crippen LogP contribution in [0, 0.1) is 0 Å². The van der Waals surface area contributed by atoms with E-state index >= 15 is 0 Å². The predicted molar refractivity (Wildman–Crippen MR) is 112 cm³/mol. The fourth-order valence-electron chi connectivity index (χ4n) is 3.11. The highest BCUT2D eigenvalue weighted by Crippen LogP contribution is 2.28. The van der Waals surface area contributed by atoms with E-state index in [-0.39, 0.29) is 5.91 Å². The first-order valence-electron chi connectivity index (χ1n) is 9.59.